The zero-order chi connectivity index (χ0) is 10.8. The van der Waals surface area contributed by atoms with Crippen molar-refractivity contribution in [3.8, 4) is 11.3 Å². The lowest BCUT2D eigenvalue weighted by Crippen LogP contribution is -2.08. The molecule has 0 spiro atoms. The molecule has 2 nitrogen and oxygen atoms in total. The number of benzene rings is 1. The summed E-state index contributed by atoms with van der Waals surface area (Å²) >= 11 is 0. The number of pyridine rings is 1. The monoisotopic (exact) mass is 199 g/mol. The van der Waals surface area contributed by atoms with Gasteiger partial charge in [-0.2, -0.15) is 0 Å². The highest BCUT2D eigenvalue weighted by atomic mass is 16.1. The van der Waals surface area contributed by atoms with Crippen molar-refractivity contribution in [3.05, 3.63) is 57.9 Å². The van der Waals surface area contributed by atoms with Crippen LogP contribution < -0.4 is 5.43 Å². The van der Waals surface area contributed by atoms with E-state index in [9.17, 15) is 4.79 Å². The summed E-state index contributed by atoms with van der Waals surface area (Å²) in [6, 6.07) is 11.5. The van der Waals surface area contributed by atoms with E-state index in [0.29, 0.717) is 0 Å². The highest BCUT2D eigenvalue weighted by Crippen LogP contribution is 2.18. The van der Waals surface area contributed by atoms with Gasteiger partial charge in [-0.3, -0.25) is 4.79 Å². The SMILES string of the molecule is Cc1cc(=O)c(C)c(-c2ccccc2)[nH]1. The molecule has 1 N–H and O–H groups in total. The van der Waals surface area contributed by atoms with Crippen molar-refractivity contribution >= 4 is 0 Å². The van der Waals surface area contributed by atoms with Crippen LogP contribution in [-0.4, -0.2) is 4.98 Å². The number of rotatable bonds is 1. The summed E-state index contributed by atoms with van der Waals surface area (Å²) in [7, 11) is 0. The summed E-state index contributed by atoms with van der Waals surface area (Å²) in [5.74, 6) is 0. The van der Waals surface area contributed by atoms with Crippen molar-refractivity contribution in [1.29, 1.82) is 0 Å². The van der Waals surface area contributed by atoms with Crippen molar-refractivity contribution in [3.63, 3.8) is 0 Å². The second kappa shape index (κ2) is 3.73. The molecule has 0 atom stereocenters. The zero-order valence-corrected chi connectivity index (χ0v) is 8.87. The fourth-order valence-corrected chi connectivity index (χ4v) is 1.65. The van der Waals surface area contributed by atoms with E-state index in [0.717, 1.165) is 22.5 Å². The third kappa shape index (κ3) is 1.84. The summed E-state index contributed by atoms with van der Waals surface area (Å²) in [4.78, 5) is 14.8. The molecule has 0 radical (unpaired) electrons. The Morgan fingerprint density at radius 3 is 2.40 bits per heavy atom. The first-order valence-corrected chi connectivity index (χ1v) is 4.94. The highest BCUT2D eigenvalue weighted by molar-refractivity contribution is 5.62. The van der Waals surface area contributed by atoms with Gasteiger partial charge in [0, 0.05) is 17.3 Å². The highest BCUT2D eigenvalue weighted by Gasteiger charge is 2.05. The number of hydrogen-bond donors (Lipinski definition) is 1. The maximum absolute atomic E-state index is 11.6. The Balaban J connectivity index is 2.68. The fourth-order valence-electron chi connectivity index (χ4n) is 1.65. The van der Waals surface area contributed by atoms with Gasteiger partial charge in [-0.25, -0.2) is 0 Å². The number of aromatic nitrogens is 1. The fraction of sp³-hybridized carbons (Fsp3) is 0.154. The van der Waals surface area contributed by atoms with Crippen LogP contribution in [0, 0.1) is 13.8 Å². The van der Waals surface area contributed by atoms with Crippen LogP contribution in [0.3, 0.4) is 0 Å². The molecule has 0 saturated heterocycles. The average Bonchev–Trinajstić information content (AvgIpc) is 2.24. The molecule has 2 rings (SSSR count). The molecule has 0 aliphatic heterocycles. The molecule has 1 heterocycles. The molecular formula is C13H13NO. The van der Waals surface area contributed by atoms with Gasteiger partial charge in [0.05, 0.1) is 5.69 Å². The Labute approximate surface area is 88.6 Å². The third-order valence-electron chi connectivity index (χ3n) is 2.48. The van der Waals surface area contributed by atoms with Crippen molar-refractivity contribution in [2.75, 3.05) is 0 Å². The second-order valence-corrected chi connectivity index (χ2v) is 3.68. The van der Waals surface area contributed by atoms with E-state index < -0.39 is 0 Å². The van der Waals surface area contributed by atoms with E-state index in [4.69, 9.17) is 0 Å². The molecule has 1 aromatic carbocycles. The lowest BCUT2D eigenvalue weighted by atomic mass is 10.1. The third-order valence-corrected chi connectivity index (χ3v) is 2.48. The average molecular weight is 199 g/mol. The van der Waals surface area contributed by atoms with Crippen LogP contribution >= 0.6 is 0 Å². The van der Waals surface area contributed by atoms with E-state index in [1.807, 2.05) is 44.2 Å². The first-order chi connectivity index (χ1) is 7.18. The predicted molar refractivity (Wildman–Crippen MR) is 62.0 cm³/mol. The van der Waals surface area contributed by atoms with E-state index >= 15 is 0 Å². The van der Waals surface area contributed by atoms with Gasteiger partial charge in [0.15, 0.2) is 5.43 Å². The standard InChI is InChI=1S/C13H13NO/c1-9-8-12(15)10(2)13(14-9)11-6-4-3-5-7-11/h3-8H,1-2H3,(H,14,15). The van der Waals surface area contributed by atoms with Crippen LogP contribution in [0.5, 0.6) is 0 Å². The number of hydrogen-bond acceptors (Lipinski definition) is 1. The second-order valence-electron chi connectivity index (χ2n) is 3.68. The normalized spacial score (nSPS) is 10.3. The minimum absolute atomic E-state index is 0.0881. The molecule has 0 aliphatic rings. The first kappa shape index (κ1) is 9.71. The summed E-state index contributed by atoms with van der Waals surface area (Å²) in [6.07, 6.45) is 0. The van der Waals surface area contributed by atoms with Crippen LogP contribution in [0.25, 0.3) is 11.3 Å². The van der Waals surface area contributed by atoms with E-state index in [-0.39, 0.29) is 5.43 Å². The summed E-state index contributed by atoms with van der Waals surface area (Å²) in [5, 5.41) is 0. The maximum atomic E-state index is 11.6. The van der Waals surface area contributed by atoms with Crippen LogP contribution in [-0.2, 0) is 0 Å². The van der Waals surface area contributed by atoms with Crippen molar-refractivity contribution in [1.82, 2.24) is 4.98 Å². The van der Waals surface area contributed by atoms with Crippen molar-refractivity contribution < 1.29 is 0 Å². The lowest BCUT2D eigenvalue weighted by molar-refractivity contribution is 1.15. The van der Waals surface area contributed by atoms with E-state index in [2.05, 4.69) is 4.98 Å². The predicted octanol–water partition coefficient (Wildman–Crippen LogP) is 2.66. The zero-order valence-electron chi connectivity index (χ0n) is 8.87. The Morgan fingerprint density at radius 1 is 1.07 bits per heavy atom. The van der Waals surface area contributed by atoms with Crippen LogP contribution in [0.4, 0.5) is 0 Å². The van der Waals surface area contributed by atoms with Gasteiger partial charge < -0.3 is 4.98 Å². The minimum Gasteiger partial charge on any atom is -0.358 e. The number of H-pyrrole nitrogens is 1. The maximum Gasteiger partial charge on any atom is 0.185 e. The Bertz CT molecular complexity index is 526. The summed E-state index contributed by atoms with van der Waals surface area (Å²) in [6.45, 7) is 3.74. The lowest BCUT2D eigenvalue weighted by Gasteiger charge is -2.06. The molecular weight excluding hydrogens is 186 g/mol. The number of aryl methyl sites for hydroxylation is 1. The molecule has 2 aromatic rings. The molecule has 0 aliphatic carbocycles. The van der Waals surface area contributed by atoms with E-state index in [1.165, 1.54) is 0 Å². The quantitative estimate of drug-likeness (QED) is 0.752. The molecule has 1 aromatic heterocycles. The Morgan fingerprint density at radius 2 is 1.73 bits per heavy atom. The molecule has 0 saturated carbocycles. The molecule has 0 bridgehead atoms. The summed E-state index contributed by atoms with van der Waals surface area (Å²) in [5.41, 5.74) is 3.72. The Hall–Kier alpha value is -1.83. The van der Waals surface area contributed by atoms with Crippen LogP contribution in [0.15, 0.2) is 41.2 Å². The number of aromatic amines is 1. The van der Waals surface area contributed by atoms with Gasteiger partial charge >= 0.3 is 0 Å². The minimum atomic E-state index is 0.0881. The molecule has 76 valence electrons. The van der Waals surface area contributed by atoms with Crippen LogP contribution in [0.2, 0.25) is 0 Å². The molecule has 15 heavy (non-hydrogen) atoms. The molecule has 0 amide bonds. The van der Waals surface area contributed by atoms with Gasteiger partial charge in [0.1, 0.15) is 0 Å². The molecule has 2 heteroatoms. The van der Waals surface area contributed by atoms with Gasteiger partial charge in [0.2, 0.25) is 0 Å². The van der Waals surface area contributed by atoms with Crippen molar-refractivity contribution in [2.24, 2.45) is 0 Å². The first-order valence-electron chi connectivity index (χ1n) is 4.94. The van der Waals surface area contributed by atoms with E-state index in [1.54, 1.807) is 6.07 Å². The van der Waals surface area contributed by atoms with Gasteiger partial charge in [0.25, 0.3) is 0 Å². The largest absolute Gasteiger partial charge is 0.358 e. The van der Waals surface area contributed by atoms with Gasteiger partial charge in [-0.15, -0.1) is 0 Å². The van der Waals surface area contributed by atoms with Gasteiger partial charge in [-0.1, -0.05) is 30.3 Å². The van der Waals surface area contributed by atoms with Crippen molar-refractivity contribution in [2.45, 2.75) is 13.8 Å². The number of nitrogens with one attached hydrogen (secondary N) is 1. The summed E-state index contributed by atoms with van der Waals surface area (Å²) < 4.78 is 0. The van der Waals surface area contributed by atoms with Crippen LogP contribution in [0.1, 0.15) is 11.3 Å². The van der Waals surface area contributed by atoms with Gasteiger partial charge in [-0.05, 0) is 19.4 Å². The molecule has 0 unspecified atom stereocenters. The Kier molecular flexibility index (Phi) is 2.42. The topological polar surface area (TPSA) is 32.9 Å². The smallest absolute Gasteiger partial charge is 0.185 e. The molecule has 0 fully saturated rings.